The standard InChI is InChI=1S/C16H21FN2O5S/c1-16(2,15(21)22)18-14(20)11-4-3-9-19(10-11)25(23,24)13-7-5-12(17)6-8-13/h5-8,11H,3-4,9-10H2,1-2H3,(H,18,20)(H,21,22). The summed E-state index contributed by atoms with van der Waals surface area (Å²) in [6, 6.07) is 4.50. The molecule has 1 amide bonds. The molecule has 1 atom stereocenters. The molecule has 0 aliphatic carbocycles. The zero-order valence-corrected chi connectivity index (χ0v) is 14.8. The fourth-order valence-corrected chi connectivity index (χ4v) is 4.12. The molecule has 9 heteroatoms. The smallest absolute Gasteiger partial charge is 0.328 e. The number of piperidine rings is 1. The first kappa shape index (κ1) is 19.3. The summed E-state index contributed by atoms with van der Waals surface area (Å²) >= 11 is 0. The van der Waals surface area contributed by atoms with Gasteiger partial charge in [-0.05, 0) is 51.0 Å². The molecular weight excluding hydrogens is 351 g/mol. The van der Waals surface area contributed by atoms with E-state index < -0.39 is 39.2 Å². The molecule has 0 radical (unpaired) electrons. The summed E-state index contributed by atoms with van der Waals surface area (Å²) in [6.07, 6.45) is 0.947. The average Bonchev–Trinajstić information content (AvgIpc) is 2.55. The van der Waals surface area contributed by atoms with Crippen molar-refractivity contribution in [2.75, 3.05) is 13.1 Å². The van der Waals surface area contributed by atoms with Crippen molar-refractivity contribution in [3.05, 3.63) is 30.1 Å². The molecule has 7 nitrogen and oxygen atoms in total. The van der Waals surface area contributed by atoms with Gasteiger partial charge in [-0.15, -0.1) is 0 Å². The van der Waals surface area contributed by atoms with Crippen molar-refractivity contribution in [3.8, 4) is 0 Å². The predicted octanol–water partition coefficient (Wildman–Crippen LogP) is 1.21. The predicted molar refractivity (Wildman–Crippen MR) is 87.7 cm³/mol. The monoisotopic (exact) mass is 372 g/mol. The van der Waals surface area contributed by atoms with Gasteiger partial charge in [0.15, 0.2) is 0 Å². The number of nitrogens with zero attached hydrogens (tertiary/aromatic N) is 1. The van der Waals surface area contributed by atoms with E-state index in [1.54, 1.807) is 0 Å². The number of carbonyl (C=O) groups is 2. The summed E-state index contributed by atoms with van der Waals surface area (Å²) in [5.74, 6) is -2.84. The molecule has 1 aromatic carbocycles. The average molecular weight is 372 g/mol. The summed E-state index contributed by atoms with van der Waals surface area (Å²) in [7, 11) is -3.83. The highest BCUT2D eigenvalue weighted by atomic mass is 32.2. The van der Waals surface area contributed by atoms with Gasteiger partial charge in [0, 0.05) is 13.1 Å². The van der Waals surface area contributed by atoms with Crippen molar-refractivity contribution < 1.29 is 27.5 Å². The Morgan fingerprint density at radius 2 is 1.88 bits per heavy atom. The van der Waals surface area contributed by atoms with Gasteiger partial charge in [-0.1, -0.05) is 0 Å². The van der Waals surface area contributed by atoms with Gasteiger partial charge in [-0.25, -0.2) is 17.6 Å². The van der Waals surface area contributed by atoms with Crippen LogP contribution < -0.4 is 5.32 Å². The van der Waals surface area contributed by atoms with Crippen molar-refractivity contribution in [1.82, 2.24) is 9.62 Å². The van der Waals surface area contributed by atoms with E-state index in [2.05, 4.69) is 5.32 Å². The molecule has 0 aromatic heterocycles. The molecular formula is C16H21FN2O5S. The lowest BCUT2D eigenvalue weighted by atomic mass is 9.96. The number of carboxylic acid groups (broad SMARTS) is 1. The van der Waals surface area contributed by atoms with Crippen molar-refractivity contribution in [2.24, 2.45) is 5.92 Å². The number of hydrogen-bond donors (Lipinski definition) is 2. The molecule has 1 saturated heterocycles. The number of sulfonamides is 1. The minimum Gasteiger partial charge on any atom is -0.480 e. The van der Waals surface area contributed by atoms with Crippen LogP contribution in [0.15, 0.2) is 29.2 Å². The number of halogens is 1. The van der Waals surface area contributed by atoms with Crippen molar-refractivity contribution in [1.29, 1.82) is 0 Å². The molecule has 1 aromatic rings. The molecule has 0 spiro atoms. The topological polar surface area (TPSA) is 104 Å². The van der Waals surface area contributed by atoms with Gasteiger partial charge < -0.3 is 10.4 Å². The van der Waals surface area contributed by atoms with E-state index in [4.69, 9.17) is 5.11 Å². The molecule has 138 valence electrons. The first-order valence-corrected chi connectivity index (χ1v) is 9.29. The van der Waals surface area contributed by atoms with Gasteiger partial charge in [0.05, 0.1) is 10.8 Å². The Balaban J connectivity index is 2.13. The first-order valence-electron chi connectivity index (χ1n) is 7.85. The molecule has 2 rings (SSSR count). The minimum atomic E-state index is -3.83. The fourth-order valence-electron chi connectivity index (χ4n) is 2.59. The highest BCUT2D eigenvalue weighted by molar-refractivity contribution is 7.89. The van der Waals surface area contributed by atoms with E-state index in [1.165, 1.54) is 30.3 Å². The second-order valence-corrected chi connectivity index (χ2v) is 8.51. The van der Waals surface area contributed by atoms with Crippen LogP contribution in [-0.4, -0.2) is 48.3 Å². The zero-order valence-electron chi connectivity index (χ0n) is 14.0. The van der Waals surface area contributed by atoms with Gasteiger partial charge in [0.1, 0.15) is 11.4 Å². The van der Waals surface area contributed by atoms with E-state index in [0.717, 1.165) is 12.1 Å². The normalized spacial score (nSPS) is 19.4. The lowest BCUT2D eigenvalue weighted by Crippen LogP contribution is -2.54. The first-order chi connectivity index (χ1) is 11.5. The molecule has 0 bridgehead atoms. The van der Waals surface area contributed by atoms with Gasteiger partial charge in [-0.2, -0.15) is 4.31 Å². The summed E-state index contributed by atoms with van der Waals surface area (Å²) in [6.45, 7) is 2.94. The number of aliphatic carboxylic acids is 1. The Bertz CT molecular complexity index is 761. The van der Waals surface area contributed by atoms with Crippen molar-refractivity contribution in [3.63, 3.8) is 0 Å². The number of amides is 1. The SMILES string of the molecule is CC(C)(NC(=O)C1CCCN(S(=O)(=O)c2ccc(F)cc2)C1)C(=O)O. The maximum atomic E-state index is 13.0. The largest absolute Gasteiger partial charge is 0.480 e. The van der Waals surface area contributed by atoms with E-state index in [1.807, 2.05) is 0 Å². The van der Waals surface area contributed by atoms with Gasteiger partial charge in [-0.3, -0.25) is 4.79 Å². The molecule has 1 fully saturated rings. The number of rotatable bonds is 5. The zero-order chi connectivity index (χ0) is 18.8. The number of carbonyl (C=O) groups excluding carboxylic acids is 1. The third-order valence-corrected chi connectivity index (χ3v) is 6.06. The Labute approximate surface area is 145 Å². The fraction of sp³-hybridized carbons (Fsp3) is 0.500. The van der Waals surface area contributed by atoms with Gasteiger partial charge in [0.2, 0.25) is 15.9 Å². The number of carboxylic acids is 1. The Kier molecular flexibility index (Phi) is 5.48. The highest BCUT2D eigenvalue weighted by Gasteiger charge is 2.36. The van der Waals surface area contributed by atoms with Crippen LogP contribution >= 0.6 is 0 Å². The second kappa shape index (κ2) is 7.09. The third kappa shape index (κ3) is 4.35. The van der Waals surface area contributed by atoms with Crippen LogP contribution in [-0.2, 0) is 19.6 Å². The lowest BCUT2D eigenvalue weighted by Gasteiger charge is -2.33. The van der Waals surface area contributed by atoms with E-state index in [9.17, 15) is 22.4 Å². The van der Waals surface area contributed by atoms with E-state index in [0.29, 0.717) is 12.8 Å². The summed E-state index contributed by atoms with van der Waals surface area (Å²) < 4.78 is 39.5. The summed E-state index contributed by atoms with van der Waals surface area (Å²) in [5.41, 5.74) is -1.44. The molecule has 2 N–H and O–H groups in total. The van der Waals surface area contributed by atoms with E-state index in [-0.39, 0.29) is 18.0 Å². The number of hydrogen-bond acceptors (Lipinski definition) is 4. The summed E-state index contributed by atoms with van der Waals surface area (Å²) in [5, 5.41) is 11.5. The van der Waals surface area contributed by atoms with Crippen LogP contribution in [0.4, 0.5) is 4.39 Å². The Hall–Kier alpha value is -2.00. The van der Waals surface area contributed by atoms with Gasteiger partial charge in [0.25, 0.3) is 0 Å². The number of benzene rings is 1. The molecule has 1 unspecified atom stereocenters. The molecule has 1 aliphatic heterocycles. The summed E-state index contributed by atoms with van der Waals surface area (Å²) in [4.78, 5) is 23.4. The van der Waals surface area contributed by atoms with Crippen LogP contribution in [0.25, 0.3) is 0 Å². The Morgan fingerprint density at radius 1 is 1.28 bits per heavy atom. The Morgan fingerprint density at radius 3 is 2.44 bits per heavy atom. The lowest BCUT2D eigenvalue weighted by molar-refractivity contribution is -0.146. The number of nitrogens with one attached hydrogen (secondary N) is 1. The van der Waals surface area contributed by atoms with Crippen LogP contribution in [0.1, 0.15) is 26.7 Å². The molecule has 0 saturated carbocycles. The quantitative estimate of drug-likeness (QED) is 0.808. The van der Waals surface area contributed by atoms with Crippen LogP contribution in [0, 0.1) is 11.7 Å². The molecule has 1 aliphatic rings. The van der Waals surface area contributed by atoms with Crippen molar-refractivity contribution >= 4 is 21.9 Å². The second-order valence-electron chi connectivity index (χ2n) is 6.58. The minimum absolute atomic E-state index is 0.0404. The third-order valence-electron chi connectivity index (χ3n) is 4.18. The molecule has 1 heterocycles. The van der Waals surface area contributed by atoms with Gasteiger partial charge >= 0.3 is 5.97 Å². The van der Waals surface area contributed by atoms with Crippen molar-refractivity contribution in [2.45, 2.75) is 37.1 Å². The molecule has 25 heavy (non-hydrogen) atoms. The van der Waals surface area contributed by atoms with Crippen LogP contribution in [0.2, 0.25) is 0 Å². The maximum absolute atomic E-state index is 13.0. The van der Waals surface area contributed by atoms with Crippen LogP contribution in [0.3, 0.4) is 0 Å². The van der Waals surface area contributed by atoms with E-state index >= 15 is 0 Å². The highest BCUT2D eigenvalue weighted by Crippen LogP contribution is 2.24. The maximum Gasteiger partial charge on any atom is 0.328 e. The van der Waals surface area contributed by atoms with Crippen LogP contribution in [0.5, 0.6) is 0 Å².